The van der Waals surface area contributed by atoms with Gasteiger partial charge in [-0.2, -0.15) is 5.10 Å². The van der Waals surface area contributed by atoms with Gasteiger partial charge in [0.2, 0.25) is 5.91 Å². The molecule has 0 bridgehead atoms. The average Bonchev–Trinajstić information content (AvgIpc) is 3.40. The van der Waals surface area contributed by atoms with E-state index in [1.54, 1.807) is 0 Å². The van der Waals surface area contributed by atoms with Gasteiger partial charge >= 0.3 is 0 Å². The van der Waals surface area contributed by atoms with E-state index in [2.05, 4.69) is 20.5 Å². The zero-order chi connectivity index (χ0) is 18.8. The molecule has 1 atom stereocenters. The summed E-state index contributed by atoms with van der Waals surface area (Å²) in [5.41, 5.74) is 1.62. The number of rotatable bonds is 6. The van der Waals surface area contributed by atoms with Gasteiger partial charge in [0.25, 0.3) is 0 Å². The molecule has 2 N–H and O–H groups in total. The molecule has 4 rings (SSSR count). The van der Waals surface area contributed by atoms with Crippen molar-refractivity contribution in [2.24, 2.45) is 0 Å². The number of hydrogen-bond acceptors (Lipinski definition) is 4. The highest BCUT2D eigenvalue weighted by Crippen LogP contribution is 2.38. The number of aromatic nitrogens is 3. The van der Waals surface area contributed by atoms with Crippen LogP contribution < -0.4 is 5.32 Å². The number of benzene rings is 2. The van der Waals surface area contributed by atoms with Crippen molar-refractivity contribution in [3.8, 4) is 11.4 Å². The van der Waals surface area contributed by atoms with E-state index in [1.807, 2.05) is 55.5 Å². The van der Waals surface area contributed by atoms with Crippen molar-refractivity contribution in [1.82, 2.24) is 15.2 Å². The summed E-state index contributed by atoms with van der Waals surface area (Å²) < 4.78 is 0. The minimum Gasteiger partial charge on any atom is -0.325 e. The molecule has 3 aromatic rings. The smallest absolute Gasteiger partial charge is 0.237 e. The standard InChI is InChI=1S/C20H19ClN4OS/c1-12(27-17-9-7-15(21)8-10-17)20(26)22-16-4-2-3-14(11-16)19-23-18(24-25-19)13-5-6-13/h2-4,7-13H,5-6H2,1H3,(H,22,26)(H,23,24,25). The third-order valence-electron chi connectivity index (χ3n) is 4.35. The van der Waals surface area contributed by atoms with Crippen LogP contribution in [0.15, 0.2) is 53.4 Å². The SMILES string of the molecule is CC(Sc1ccc(Cl)cc1)C(=O)Nc1cccc(-c2n[nH]c(C3CC3)n2)c1. The molecule has 1 heterocycles. The number of carbonyl (C=O) groups is 1. The Kier molecular flexibility index (Phi) is 5.18. The maximum atomic E-state index is 12.5. The molecule has 0 saturated heterocycles. The number of H-pyrrole nitrogens is 1. The minimum absolute atomic E-state index is 0.0549. The Morgan fingerprint density at radius 2 is 2.04 bits per heavy atom. The molecule has 1 amide bonds. The number of nitrogens with one attached hydrogen (secondary N) is 2. The van der Waals surface area contributed by atoms with Gasteiger partial charge in [0.15, 0.2) is 5.82 Å². The van der Waals surface area contributed by atoms with Crippen molar-refractivity contribution in [1.29, 1.82) is 0 Å². The van der Waals surface area contributed by atoms with E-state index in [1.165, 1.54) is 24.6 Å². The lowest BCUT2D eigenvalue weighted by Crippen LogP contribution is -2.22. The molecule has 1 aromatic heterocycles. The van der Waals surface area contributed by atoms with Crippen LogP contribution in [0.1, 0.15) is 31.5 Å². The van der Waals surface area contributed by atoms with Gasteiger partial charge in [-0.05, 0) is 56.2 Å². The molecule has 0 aliphatic heterocycles. The first-order valence-electron chi connectivity index (χ1n) is 8.84. The van der Waals surface area contributed by atoms with Crippen molar-refractivity contribution in [3.05, 3.63) is 59.4 Å². The third-order valence-corrected chi connectivity index (χ3v) is 5.71. The van der Waals surface area contributed by atoms with Crippen LogP contribution in [0.3, 0.4) is 0 Å². The first-order chi connectivity index (χ1) is 13.1. The monoisotopic (exact) mass is 398 g/mol. The molecule has 1 unspecified atom stereocenters. The molecule has 7 heteroatoms. The second kappa shape index (κ2) is 7.74. The molecular formula is C20H19ClN4OS. The van der Waals surface area contributed by atoms with Crippen LogP contribution in [-0.4, -0.2) is 26.3 Å². The van der Waals surface area contributed by atoms with E-state index in [-0.39, 0.29) is 11.2 Å². The van der Waals surface area contributed by atoms with E-state index in [9.17, 15) is 4.79 Å². The molecule has 1 aliphatic carbocycles. The number of hydrogen-bond donors (Lipinski definition) is 2. The minimum atomic E-state index is -0.236. The maximum absolute atomic E-state index is 12.5. The Morgan fingerprint density at radius 3 is 2.78 bits per heavy atom. The van der Waals surface area contributed by atoms with E-state index >= 15 is 0 Å². The third kappa shape index (κ3) is 4.51. The van der Waals surface area contributed by atoms with Crippen LogP contribution in [0, 0.1) is 0 Å². The quantitative estimate of drug-likeness (QED) is 0.565. The summed E-state index contributed by atoms with van der Waals surface area (Å²) in [6.45, 7) is 1.88. The number of nitrogens with zero attached hydrogens (tertiary/aromatic N) is 2. The van der Waals surface area contributed by atoms with Gasteiger partial charge in [0, 0.05) is 27.1 Å². The van der Waals surface area contributed by atoms with Crippen LogP contribution in [0.25, 0.3) is 11.4 Å². The number of amides is 1. The second-order valence-electron chi connectivity index (χ2n) is 6.60. The fourth-order valence-electron chi connectivity index (χ4n) is 2.69. The largest absolute Gasteiger partial charge is 0.325 e. The lowest BCUT2D eigenvalue weighted by molar-refractivity contribution is -0.115. The van der Waals surface area contributed by atoms with Crippen LogP contribution in [0.4, 0.5) is 5.69 Å². The molecule has 138 valence electrons. The molecule has 5 nitrogen and oxygen atoms in total. The van der Waals surface area contributed by atoms with Crippen LogP contribution in [0.2, 0.25) is 5.02 Å². The molecule has 1 saturated carbocycles. The summed E-state index contributed by atoms with van der Waals surface area (Å²) in [5, 5.41) is 10.7. The number of thioether (sulfide) groups is 1. The summed E-state index contributed by atoms with van der Waals surface area (Å²) >= 11 is 7.40. The summed E-state index contributed by atoms with van der Waals surface area (Å²) in [5.74, 6) is 2.09. The molecule has 0 spiro atoms. The summed E-state index contributed by atoms with van der Waals surface area (Å²) in [6, 6.07) is 15.1. The average molecular weight is 399 g/mol. The van der Waals surface area contributed by atoms with Crippen LogP contribution in [-0.2, 0) is 4.79 Å². The normalized spacial score (nSPS) is 14.7. The highest BCUT2D eigenvalue weighted by molar-refractivity contribution is 8.00. The molecular weight excluding hydrogens is 380 g/mol. The van der Waals surface area contributed by atoms with Crippen LogP contribution in [0.5, 0.6) is 0 Å². The van der Waals surface area contributed by atoms with E-state index < -0.39 is 0 Å². The summed E-state index contributed by atoms with van der Waals surface area (Å²) in [4.78, 5) is 18.1. The Labute approximate surface area is 166 Å². The maximum Gasteiger partial charge on any atom is 0.237 e. The van der Waals surface area contributed by atoms with Crippen molar-refractivity contribution in [2.45, 2.75) is 35.8 Å². The van der Waals surface area contributed by atoms with Gasteiger partial charge in [-0.1, -0.05) is 23.7 Å². The van der Waals surface area contributed by atoms with Crippen LogP contribution >= 0.6 is 23.4 Å². The van der Waals surface area contributed by atoms with Gasteiger partial charge in [-0.25, -0.2) is 4.98 Å². The van der Waals surface area contributed by atoms with Gasteiger partial charge in [-0.3, -0.25) is 9.89 Å². The first kappa shape index (κ1) is 18.1. The van der Waals surface area contributed by atoms with Crippen molar-refractivity contribution in [3.63, 3.8) is 0 Å². The van der Waals surface area contributed by atoms with E-state index in [0.29, 0.717) is 16.8 Å². The first-order valence-corrected chi connectivity index (χ1v) is 10.1. The zero-order valence-electron chi connectivity index (χ0n) is 14.8. The lowest BCUT2D eigenvalue weighted by atomic mass is 10.2. The molecule has 1 aliphatic rings. The predicted molar refractivity (Wildman–Crippen MR) is 109 cm³/mol. The van der Waals surface area contributed by atoms with E-state index in [0.717, 1.165) is 22.0 Å². The lowest BCUT2D eigenvalue weighted by Gasteiger charge is -2.12. The molecule has 0 radical (unpaired) electrons. The van der Waals surface area contributed by atoms with Gasteiger partial charge in [0.1, 0.15) is 5.82 Å². The van der Waals surface area contributed by atoms with Crippen molar-refractivity contribution < 1.29 is 4.79 Å². The summed E-state index contributed by atoms with van der Waals surface area (Å²) in [6.07, 6.45) is 2.35. The Balaban J connectivity index is 1.42. The number of aromatic amines is 1. The van der Waals surface area contributed by atoms with Gasteiger partial charge < -0.3 is 5.32 Å². The fraction of sp³-hybridized carbons (Fsp3) is 0.250. The topological polar surface area (TPSA) is 70.7 Å². The molecule has 27 heavy (non-hydrogen) atoms. The summed E-state index contributed by atoms with van der Waals surface area (Å²) in [7, 11) is 0. The Morgan fingerprint density at radius 1 is 1.26 bits per heavy atom. The zero-order valence-corrected chi connectivity index (χ0v) is 16.3. The Bertz CT molecular complexity index is 953. The number of anilines is 1. The molecule has 2 aromatic carbocycles. The highest BCUT2D eigenvalue weighted by Gasteiger charge is 2.27. The molecule has 1 fully saturated rings. The number of halogens is 1. The number of carbonyl (C=O) groups excluding carboxylic acids is 1. The Hall–Kier alpha value is -2.31. The van der Waals surface area contributed by atoms with E-state index in [4.69, 9.17) is 11.6 Å². The second-order valence-corrected chi connectivity index (χ2v) is 8.45. The fourth-order valence-corrected chi connectivity index (χ4v) is 3.69. The van der Waals surface area contributed by atoms with Gasteiger partial charge in [0.05, 0.1) is 5.25 Å². The van der Waals surface area contributed by atoms with Crippen molar-refractivity contribution >= 4 is 35.0 Å². The van der Waals surface area contributed by atoms with Gasteiger partial charge in [-0.15, -0.1) is 11.8 Å². The van der Waals surface area contributed by atoms with Crippen molar-refractivity contribution in [2.75, 3.05) is 5.32 Å². The predicted octanol–water partition coefficient (Wildman–Crippen LogP) is 5.12. The highest BCUT2D eigenvalue weighted by atomic mass is 35.5.